The molecule has 2 aromatic carbocycles. The van der Waals surface area contributed by atoms with Crippen LogP contribution in [-0.2, 0) is 16.1 Å². The third-order valence-electron chi connectivity index (χ3n) is 4.58. The SMILES string of the molecule is CCn1c(SCC(=O)Nc2cccc(C(=O)OC)c2)nnc1-c1cc2ccccc2o1. The summed E-state index contributed by atoms with van der Waals surface area (Å²) in [5.41, 5.74) is 1.67. The summed E-state index contributed by atoms with van der Waals surface area (Å²) in [5.74, 6) is 0.710. The van der Waals surface area contributed by atoms with Gasteiger partial charge in [0.15, 0.2) is 10.9 Å². The van der Waals surface area contributed by atoms with Gasteiger partial charge < -0.3 is 14.5 Å². The van der Waals surface area contributed by atoms with Crippen LogP contribution in [0.2, 0.25) is 0 Å². The second-order valence-corrected chi connectivity index (χ2v) is 7.55. The standard InChI is InChI=1S/C22H20N4O4S/c1-3-26-20(18-12-14-7-4-5-10-17(14)30-18)24-25-22(26)31-13-19(27)23-16-9-6-8-15(11-16)21(28)29-2/h4-12H,3,13H2,1-2H3,(H,23,27). The fourth-order valence-corrected chi connectivity index (χ4v) is 3.93. The molecule has 2 aromatic heterocycles. The van der Waals surface area contributed by atoms with E-state index >= 15 is 0 Å². The maximum absolute atomic E-state index is 12.4. The second kappa shape index (κ2) is 9.05. The van der Waals surface area contributed by atoms with Gasteiger partial charge in [-0.25, -0.2) is 4.79 Å². The monoisotopic (exact) mass is 436 g/mol. The average Bonchev–Trinajstić information content (AvgIpc) is 3.40. The molecule has 9 heteroatoms. The van der Waals surface area contributed by atoms with Crippen LogP contribution in [0.3, 0.4) is 0 Å². The van der Waals surface area contributed by atoms with E-state index in [1.807, 2.05) is 41.8 Å². The molecule has 0 fully saturated rings. The molecule has 0 bridgehead atoms. The number of thioether (sulfide) groups is 1. The summed E-state index contributed by atoms with van der Waals surface area (Å²) >= 11 is 1.28. The molecule has 0 radical (unpaired) electrons. The number of rotatable bonds is 7. The number of nitrogens with one attached hydrogen (secondary N) is 1. The van der Waals surface area contributed by atoms with Crippen molar-refractivity contribution in [3.05, 3.63) is 60.2 Å². The maximum atomic E-state index is 12.4. The predicted molar refractivity (Wildman–Crippen MR) is 118 cm³/mol. The number of hydrogen-bond acceptors (Lipinski definition) is 7. The second-order valence-electron chi connectivity index (χ2n) is 6.61. The number of carbonyl (C=O) groups excluding carboxylic acids is 2. The van der Waals surface area contributed by atoms with Crippen LogP contribution in [0.5, 0.6) is 0 Å². The van der Waals surface area contributed by atoms with Crippen molar-refractivity contribution in [2.24, 2.45) is 0 Å². The summed E-state index contributed by atoms with van der Waals surface area (Å²) in [6, 6.07) is 16.3. The average molecular weight is 436 g/mol. The summed E-state index contributed by atoms with van der Waals surface area (Å²) in [4.78, 5) is 24.1. The van der Waals surface area contributed by atoms with Gasteiger partial charge in [-0.3, -0.25) is 9.36 Å². The largest absolute Gasteiger partial charge is 0.465 e. The van der Waals surface area contributed by atoms with Crippen LogP contribution in [0.4, 0.5) is 5.69 Å². The van der Waals surface area contributed by atoms with Crippen molar-refractivity contribution in [1.82, 2.24) is 14.8 Å². The van der Waals surface area contributed by atoms with Gasteiger partial charge in [0.05, 0.1) is 18.4 Å². The molecule has 0 atom stereocenters. The van der Waals surface area contributed by atoms with E-state index < -0.39 is 5.97 Å². The van der Waals surface area contributed by atoms with Gasteiger partial charge in [0.2, 0.25) is 11.7 Å². The fourth-order valence-electron chi connectivity index (χ4n) is 3.12. The fraction of sp³-hybridized carbons (Fsp3) is 0.182. The molecule has 0 spiro atoms. The molecule has 8 nitrogen and oxygen atoms in total. The van der Waals surface area contributed by atoms with Crippen LogP contribution in [-0.4, -0.2) is 39.5 Å². The lowest BCUT2D eigenvalue weighted by Gasteiger charge is -2.08. The number of benzene rings is 2. The zero-order chi connectivity index (χ0) is 21.8. The Labute approximate surface area is 182 Å². The number of esters is 1. The van der Waals surface area contributed by atoms with Crippen LogP contribution in [0.1, 0.15) is 17.3 Å². The third-order valence-corrected chi connectivity index (χ3v) is 5.55. The molecule has 2 heterocycles. The van der Waals surface area contributed by atoms with Gasteiger partial charge in [0, 0.05) is 17.6 Å². The van der Waals surface area contributed by atoms with Crippen molar-refractivity contribution >= 4 is 40.3 Å². The zero-order valence-corrected chi connectivity index (χ0v) is 17.8. The molecule has 0 saturated heterocycles. The highest BCUT2D eigenvalue weighted by Crippen LogP contribution is 2.29. The molecule has 158 valence electrons. The van der Waals surface area contributed by atoms with Gasteiger partial charge in [0.1, 0.15) is 5.58 Å². The number of carbonyl (C=O) groups is 2. The highest BCUT2D eigenvalue weighted by molar-refractivity contribution is 7.99. The van der Waals surface area contributed by atoms with E-state index in [2.05, 4.69) is 15.5 Å². The highest BCUT2D eigenvalue weighted by atomic mass is 32.2. The Morgan fingerprint density at radius 2 is 1.97 bits per heavy atom. The number of para-hydroxylation sites is 1. The summed E-state index contributed by atoms with van der Waals surface area (Å²) < 4.78 is 12.5. The van der Waals surface area contributed by atoms with Crippen molar-refractivity contribution < 1.29 is 18.7 Å². The Kier molecular flexibility index (Phi) is 6.03. The molecule has 31 heavy (non-hydrogen) atoms. The van der Waals surface area contributed by atoms with Gasteiger partial charge in [-0.1, -0.05) is 36.0 Å². The minimum absolute atomic E-state index is 0.140. The smallest absolute Gasteiger partial charge is 0.337 e. The molecule has 0 aliphatic rings. The van der Waals surface area contributed by atoms with Gasteiger partial charge in [-0.2, -0.15) is 0 Å². The summed E-state index contributed by atoms with van der Waals surface area (Å²) in [6.07, 6.45) is 0. The van der Waals surface area contributed by atoms with Crippen LogP contribution in [0, 0.1) is 0 Å². The number of furan rings is 1. The van der Waals surface area contributed by atoms with Gasteiger partial charge in [0.25, 0.3) is 0 Å². The molecule has 4 rings (SSSR count). The summed E-state index contributed by atoms with van der Waals surface area (Å²) in [5, 5.41) is 12.9. The van der Waals surface area contributed by atoms with E-state index in [0.717, 1.165) is 11.0 Å². The molecule has 1 N–H and O–H groups in total. The number of amides is 1. The molecule has 4 aromatic rings. The van der Waals surface area contributed by atoms with Crippen molar-refractivity contribution in [3.63, 3.8) is 0 Å². The van der Waals surface area contributed by atoms with Crippen molar-refractivity contribution in [1.29, 1.82) is 0 Å². The van der Waals surface area contributed by atoms with Crippen LogP contribution in [0.15, 0.2) is 64.2 Å². The third kappa shape index (κ3) is 4.46. The number of anilines is 1. The highest BCUT2D eigenvalue weighted by Gasteiger charge is 2.18. The number of aromatic nitrogens is 3. The molecule has 0 unspecified atom stereocenters. The van der Waals surface area contributed by atoms with Crippen molar-refractivity contribution in [2.75, 3.05) is 18.2 Å². The molecular weight excluding hydrogens is 416 g/mol. The van der Waals surface area contributed by atoms with Gasteiger partial charge >= 0.3 is 5.97 Å². The van der Waals surface area contributed by atoms with E-state index in [0.29, 0.717) is 34.5 Å². The first-order valence-electron chi connectivity index (χ1n) is 9.62. The van der Waals surface area contributed by atoms with Gasteiger partial charge in [-0.15, -0.1) is 10.2 Å². The molecule has 1 amide bonds. The van der Waals surface area contributed by atoms with Crippen LogP contribution in [0.25, 0.3) is 22.6 Å². The first kappa shape index (κ1) is 20.7. The van der Waals surface area contributed by atoms with Crippen LogP contribution < -0.4 is 5.32 Å². The first-order valence-corrected chi connectivity index (χ1v) is 10.6. The lowest BCUT2D eigenvalue weighted by molar-refractivity contribution is -0.113. The van der Waals surface area contributed by atoms with E-state index in [9.17, 15) is 9.59 Å². The Morgan fingerprint density at radius 1 is 1.13 bits per heavy atom. The predicted octanol–water partition coefficient (Wildman–Crippen LogP) is 4.23. The van der Waals surface area contributed by atoms with E-state index in [1.165, 1.54) is 18.9 Å². The number of hydrogen-bond donors (Lipinski definition) is 1. The minimum atomic E-state index is -0.459. The van der Waals surface area contributed by atoms with Crippen molar-refractivity contribution in [2.45, 2.75) is 18.6 Å². The Morgan fingerprint density at radius 3 is 2.74 bits per heavy atom. The quantitative estimate of drug-likeness (QED) is 0.342. The molecule has 0 aliphatic carbocycles. The number of methoxy groups -OCH3 is 1. The van der Waals surface area contributed by atoms with E-state index in [4.69, 9.17) is 9.15 Å². The van der Waals surface area contributed by atoms with E-state index in [1.54, 1.807) is 24.3 Å². The lowest BCUT2D eigenvalue weighted by atomic mass is 10.2. The minimum Gasteiger partial charge on any atom is -0.465 e. The molecular formula is C22H20N4O4S. The normalized spacial score (nSPS) is 10.9. The molecule has 0 saturated carbocycles. The van der Waals surface area contributed by atoms with Crippen LogP contribution >= 0.6 is 11.8 Å². The Hall–Kier alpha value is -3.59. The summed E-state index contributed by atoms with van der Waals surface area (Å²) in [7, 11) is 1.31. The molecule has 0 aliphatic heterocycles. The number of nitrogens with zero attached hydrogens (tertiary/aromatic N) is 3. The Bertz CT molecular complexity index is 1210. The lowest BCUT2D eigenvalue weighted by Crippen LogP contribution is -2.15. The maximum Gasteiger partial charge on any atom is 0.337 e. The first-order chi connectivity index (χ1) is 15.1. The number of fused-ring (bicyclic) bond motifs is 1. The topological polar surface area (TPSA) is 99.2 Å². The van der Waals surface area contributed by atoms with E-state index in [-0.39, 0.29) is 11.7 Å². The van der Waals surface area contributed by atoms with Crippen molar-refractivity contribution in [3.8, 4) is 11.6 Å². The Balaban J connectivity index is 1.45. The zero-order valence-electron chi connectivity index (χ0n) is 17.0. The summed E-state index contributed by atoms with van der Waals surface area (Å²) in [6.45, 7) is 2.61. The number of ether oxygens (including phenoxy) is 1. The van der Waals surface area contributed by atoms with Gasteiger partial charge in [-0.05, 0) is 37.3 Å².